The van der Waals surface area contributed by atoms with E-state index in [1.165, 1.54) is 24.0 Å². The van der Waals surface area contributed by atoms with Crippen LogP contribution < -0.4 is 10.1 Å². The summed E-state index contributed by atoms with van der Waals surface area (Å²) in [4.78, 5) is 22.0. The second-order valence-corrected chi connectivity index (χ2v) is 8.22. The minimum Gasteiger partial charge on any atom is -0.488 e. The number of carbonyl (C=O) groups is 1. The van der Waals surface area contributed by atoms with Gasteiger partial charge in [0.25, 0.3) is 5.91 Å². The number of hydrogen-bond acceptors (Lipinski definition) is 5. The van der Waals surface area contributed by atoms with Crippen LogP contribution in [-0.2, 0) is 19.3 Å². The zero-order chi connectivity index (χ0) is 18.9. The van der Waals surface area contributed by atoms with E-state index in [2.05, 4.69) is 26.7 Å². The van der Waals surface area contributed by atoms with Gasteiger partial charge >= 0.3 is 0 Å². The minimum absolute atomic E-state index is 0.0351. The summed E-state index contributed by atoms with van der Waals surface area (Å²) in [6.07, 6.45) is 10.4. The number of aryl methyl sites for hydroxylation is 1. The lowest BCUT2D eigenvalue weighted by Gasteiger charge is -2.14. The molecule has 0 fully saturated rings. The summed E-state index contributed by atoms with van der Waals surface area (Å²) in [5.41, 5.74) is 5.66. The molecule has 28 heavy (non-hydrogen) atoms. The molecule has 0 saturated heterocycles. The van der Waals surface area contributed by atoms with E-state index < -0.39 is 0 Å². The second-order valence-electron chi connectivity index (χ2n) is 7.34. The minimum atomic E-state index is -0.0353. The molecule has 2 aliphatic rings. The second kappa shape index (κ2) is 7.36. The van der Waals surface area contributed by atoms with Crippen LogP contribution in [-0.4, -0.2) is 28.5 Å². The number of nitrogens with one attached hydrogen (secondary N) is 1. The number of thiophene rings is 1. The van der Waals surface area contributed by atoms with E-state index in [9.17, 15) is 4.79 Å². The molecule has 5 nitrogen and oxygen atoms in total. The predicted molar refractivity (Wildman–Crippen MR) is 109 cm³/mol. The summed E-state index contributed by atoms with van der Waals surface area (Å²) in [6.45, 7) is 0.515. The SMILES string of the molecule is O=C(NCC1Cc2cc(-c3cnccn3)ccc2O1)c1scc2c1CCCC2. The van der Waals surface area contributed by atoms with Crippen molar-refractivity contribution in [3.8, 4) is 17.0 Å². The van der Waals surface area contributed by atoms with Crippen LogP contribution in [0.3, 0.4) is 0 Å². The van der Waals surface area contributed by atoms with Gasteiger partial charge in [-0.15, -0.1) is 11.3 Å². The van der Waals surface area contributed by atoms with Crippen LogP contribution in [0.4, 0.5) is 0 Å². The monoisotopic (exact) mass is 391 g/mol. The van der Waals surface area contributed by atoms with E-state index in [0.29, 0.717) is 6.54 Å². The summed E-state index contributed by atoms with van der Waals surface area (Å²) in [5, 5.41) is 5.23. The number of amides is 1. The van der Waals surface area contributed by atoms with Crippen molar-refractivity contribution in [1.82, 2.24) is 15.3 Å². The zero-order valence-electron chi connectivity index (χ0n) is 15.5. The van der Waals surface area contributed by atoms with Gasteiger partial charge in [-0.2, -0.15) is 0 Å². The molecule has 1 N–H and O–H groups in total. The van der Waals surface area contributed by atoms with Gasteiger partial charge in [0.05, 0.1) is 23.3 Å². The van der Waals surface area contributed by atoms with Gasteiger partial charge in [-0.3, -0.25) is 14.8 Å². The van der Waals surface area contributed by atoms with Gasteiger partial charge in [0, 0.05) is 24.4 Å². The first kappa shape index (κ1) is 17.4. The fourth-order valence-corrected chi connectivity index (χ4v) is 5.11. The van der Waals surface area contributed by atoms with Gasteiger partial charge in [-0.25, -0.2) is 0 Å². The van der Waals surface area contributed by atoms with Crippen LogP contribution >= 0.6 is 11.3 Å². The first-order chi connectivity index (χ1) is 13.8. The predicted octanol–water partition coefficient (Wildman–Crippen LogP) is 3.82. The van der Waals surface area contributed by atoms with E-state index in [-0.39, 0.29) is 12.0 Å². The molecule has 5 rings (SSSR count). The number of ether oxygens (including phenoxy) is 1. The Morgan fingerprint density at radius 1 is 1.21 bits per heavy atom. The molecule has 1 atom stereocenters. The largest absolute Gasteiger partial charge is 0.488 e. The molecule has 1 aliphatic heterocycles. The number of fused-ring (bicyclic) bond motifs is 2. The van der Waals surface area contributed by atoms with Gasteiger partial charge < -0.3 is 10.1 Å². The Bertz CT molecular complexity index is 1020. The molecule has 3 aromatic rings. The number of rotatable bonds is 4. The van der Waals surface area contributed by atoms with Crippen LogP contribution in [0.1, 0.15) is 39.2 Å². The maximum absolute atomic E-state index is 12.7. The van der Waals surface area contributed by atoms with E-state index in [0.717, 1.165) is 46.7 Å². The average molecular weight is 391 g/mol. The first-order valence-electron chi connectivity index (χ1n) is 9.71. The third kappa shape index (κ3) is 3.29. The normalized spacial score (nSPS) is 17.5. The molecule has 142 valence electrons. The molecule has 0 spiro atoms. The maximum Gasteiger partial charge on any atom is 0.261 e. The van der Waals surface area contributed by atoms with Crippen molar-refractivity contribution in [3.05, 3.63) is 63.7 Å². The van der Waals surface area contributed by atoms with Crippen molar-refractivity contribution in [3.63, 3.8) is 0 Å². The molecule has 3 heterocycles. The number of carbonyl (C=O) groups excluding carboxylic acids is 1. The van der Waals surface area contributed by atoms with Crippen molar-refractivity contribution in [2.45, 2.75) is 38.2 Å². The number of aromatic nitrogens is 2. The number of hydrogen-bond donors (Lipinski definition) is 1. The summed E-state index contributed by atoms with van der Waals surface area (Å²) in [6, 6.07) is 6.09. The van der Waals surface area contributed by atoms with Crippen molar-refractivity contribution >= 4 is 17.2 Å². The highest BCUT2D eigenvalue weighted by Crippen LogP contribution is 2.33. The van der Waals surface area contributed by atoms with Crippen LogP contribution in [0.15, 0.2) is 42.2 Å². The molecular weight excluding hydrogens is 370 g/mol. The molecular formula is C22H21N3O2S. The van der Waals surface area contributed by atoms with Crippen molar-refractivity contribution in [1.29, 1.82) is 0 Å². The highest BCUT2D eigenvalue weighted by Gasteiger charge is 2.25. The molecule has 1 aliphatic carbocycles. The first-order valence-corrected chi connectivity index (χ1v) is 10.6. The Hall–Kier alpha value is -2.73. The summed E-state index contributed by atoms with van der Waals surface area (Å²) in [5.74, 6) is 0.924. The van der Waals surface area contributed by atoms with Gasteiger partial charge in [0.2, 0.25) is 0 Å². The summed E-state index contributed by atoms with van der Waals surface area (Å²) >= 11 is 1.58. The van der Waals surface area contributed by atoms with E-state index in [1.807, 2.05) is 12.1 Å². The fourth-order valence-electron chi connectivity index (χ4n) is 4.04. The third-order valence-electron chi connectivity index (χ3n) is 5.46. The lowest BCUT2D eigenvalue weighted by molar-refractivity contribution is 0.0936. The van der Waals surface area contributed by atoms with E-state index >= 15 is 0 Å². The Morgan fingerprint density at radius 2 is 2.14 bits per heavy atom. The van der Waals surface area contributed by atoms with E-state index in [1.54, 1.807) is 29.9 Å². The highest BCUT2D eigenvalue weighted by atomic mass is 32.1. The lowest BCUT2D eigenvalue weighted by Crippen LogP contribution is -2.34. The standard InChI is InChI=1S/C22H21N3O2S/c26-22(21-18-4-2-1-3-15(18)13-28-21)25-11-17-10-16-9-14(5-6-20(16)27-17)19-12-23-7-8-24-19/h5-9,12-13,17H,1-4,10-11H2,(H,25,26). The average Bonchev–Trinajstić information content (AvgIpc) is 3.36. The Kier molecular flexibility index (Phi) is 4.56. The van der Waals surface area contributed by atoms with Gasteiger partial charge in [0.15, 0.2) is 0 Å². The molecule has 0 bridgehead atoms. The number of benzene rings is 1. The molecule has 0 saturated carbocycles. The lowest BCUT2D eigenvalue weighted by atomic mass is 9.94. The van der Waals surface area contributed by atoms with Gasteiger partial charge in [0.1, 0.15) is 11.9 Å². The maximum atomic E-state index is 12.7. The molecule has 1 unspecified atom stereocenters. The highest BCUT2D eigenvalue weighted by molar-refractivity contribution is 7.12. The molecule has 1 amide bonds. The third-order valence-corrected chi connectivity index (χ3v) is 6.53. The van der Waals surface area contributed by atoms with Gasteiger partial charge in [-0.1, -0.05) is 0 Å². The Morgan fingerprint density at radius 3 is 3.04 bits per heavy atom. The van der Waals surface area contributed by atoms with Crippen LogP contribution in [0.2, 0.25) is 0 Å². The Labute approximate surface area is 167 Å². The van der Waals surface area contributed by atoms with Gasteiger partial charge in [-0.05, 0) is 66.0 Å². The Balaban J connectivity index is 1.24. The topological polar surface area (TPSA) is 64.1 Å². The van der Waals surface area contributed by atoms with Crippen molar-refractivity contribution in [2.24, 2.45) is 0 Å². The molecule has 0 radical (unpaired) electrons. The fraction of sp³-hybridized carbons (Fsp3) is 0.318. The summed E-state index contributed by atoms with van der Waals surface area (Å²) in [7, 11) is 0. The summed E-state index contributed by atoms with van der Waals surface area (Å²) < 4.78 is 6.03. The van der Waals surface area contributed by atoms with Crippen LogP contribution in [0.5, 0.6) is 5.75 Å². The van der Waals surface area contributed by atoms with Crippen molar-refractivity contribution < 1.29 is 9.53 Å². The van der Waals surface area contributed by atoms with E-state index in [4.69, 9.17) is 4.74 Å². The quantitative estimate of drug-likeness (QED) is 0.734. The molecule has 2 aromatic heterocycles. The van der Waals surface area contributed by atoms with Crippen molar-refractivity contribution in [2.75, 3.05) is 6.54 Å². The number of nitrogens with zero attached hydrogens (tertiary/aromatic N) is 2. The zero-order valence-corrected chi connectivity index (χ0v) is 16.3. The van der Waals surface area contributed by atoms with Crippen LogP contribution in [0, 0.1) is 0 Å². The van der Waals surface area contributed by atoms with Crippen LogP contribution in [0.25, 0.3) is 11.3 Å². The molecule has 1 aromatic carbocycles. The molecule has 6 heteroatoms. The smallest absolute Gasteiger partial charge is 0.261 e.